The highest BCUT2D eigenvalue weighted by atomic mass is 16.7. The van der Waals surface area contributed by atoms with Crippen molar-refractivity contribution in [3.8, 4) is 0 Å². The first kappa shape index (κ1) is 46.0. The van der Waals surface area contributed by atoms with E-state index in [-0.39, 0.29) is 47.4 Å². The van der Waals surface area contributed by atoms with Crippen LogP contribution in [0.1, 0.15) is 165 Å². The van der Waals surface area contributed by atoms with Crippen LogP contribution in [0.4, 0.5) is 0 Å². The fraction of sp³-hybridized carbons (Fsp3) is 0.836. The minimum atomic E-state index is -1.32. The van der Waals surface area contributed by atoms with Gasteiger partial charge in [-0.25, -0.2) is 4.79 Å². The fourth-order valence-electron chi connectivity index (χ4n) is 17.3. The highest BCUT2D eigenvalue weighted by Gasteiger charge is 2.76. The molecule has 1 aliphatic heterocycles. The summed E-state index contributed by atoms with van der Waals surface area (Å²) in [6, 6.07) is 0. The quantitative estimate of drug-likeness (QED) is 0.144. The summed E-state index contributed by atoms with van der Waals surface area (Å²) in [6.45, 7) is 20.7. The zero-order chi connectivity index (χ0) is 44.9. The number of carbonyl (C=O) groups is 3. The molecular weight excluding hydrogens is 789 g/mol. The van der Waals surface area contributed by atoms with Crippen LogP contribution in [0.5, 0.6) is 0 Å². The van der Waals surface area contributed by atoms with E-state index in [4.69, 9.17) is 18.9 Å². The summed E-state index contributed by atoms with van der Waals surface area (Å²) in [5, 5.41) is 12.1. The number of aliphatic hydroxyl groups is 1. The number of allylic oxidation sites excluding steroid dienone is 5. The lowest BCUT2D eigenvalue weighted by Crippen LogP contribution is -2.63. The predicted octanol–water partition coefficient (Wildman–Crippen LogP) is 10.9. The van der Waals surface area contributed by atoms with Crippen molar-refractivity contribution >= 4 is 17.5 Å². The molecular formula is C55H82O8. The van der Waals surface area contributed by atoms with Crippen molar-refractivity contribution in [1.29, 1.82) is 0 Å². The van der Waals surface area contributed by atoms with Gasteiger partial charge in [0.2, 0.25) is 5.78 Å². The molecule has 63 heavy (non-hydrogen) atoms. The normalized spacial score (nSPS) is 46.9. The van der Waals surface area contributed by atoms with E-state index in [0.717, 1.165) is 85.5 Å². The second kappa shape index (κ2) is 16.9. The van der Waals surface area contributed by atoms with Crippen molar-refractivity contribution in [1.82, 2.24) is 0 Å². The van der Waals surface area contributed by atoms with Crippen LogP contribution in [0.3, 0.4) is 0 Å². The van der Waals surface area contributed by atoms with Crippen LogP contribution >= 0.6 is 0 Å². The maximum absolute atomic E-state index is 14.7. The molecule has 8 aliphatic carbocycles. The van der Waals surface area contributed by atoms with Gasteiger partial charge in [-0.3, -0.25) is 9.59 Å². The summed E-state index contributed by atoms with van der Waals surface area (Å²) in [6.07, 6.45) is 22.7. The molecule has 0 aromatic heterocycles. The molecule has 8 heteroatoms. The van der Waals surface area contributed by atoms with Gasteiger partial charge in [0.05, 0.1) is 18.3 Å². The number of aliphatic hydroxyl groups excluding tert-OH is 1. The van der Waals surface area contributed by atoms with Crippen LogP contribution in [-0.2, 0) is 33.3 Å². The lowest BCUT2D eigenvalue weighted by molar-refractivity contribution is -0.202. The number of carbonyl (C=O) groups excluding carboxylic acids is 3. The van der Waals surface area contributed by atoms with Crippen LogP contribution < -0.4 is 0 Å². The van der Waals surface area contributed by atoms with Crippen molar-refractivity contribution in [3.63, 3.8) is 0 Å². The van der Waals surface area contributed by atoms with E-state index >= 15 is 0 Å². The molecule has 18 unspecified atom stereocenters. The lowest BCUT2D eigenvalue weighted by Gasteiger charge is -2.59. The first-order valence-electron chi connectivity index (χ1n) is 25.8. The second-order valence-corrected chi connectivity index (χ2v) is 24.2. The van der Waals surface area contributed by atoms with Gasteiger partial charge >= 0.3 is 5.97 Å². The molecule has 0 aromatic rings. The van der Waals surface area contributed by atoms with Crippen LogP contribution in [0.2, 0.25) is 0 Å². The lowest BCUT2D eigenvalue weighted by atomic mass is 9.46. The maximum Gasteiger partial charge on any atom is 0.332 e. The molecule has 6 saturated carbocycles. The van der Waals surface area contributed by atoms with Gasteiger partial charge in [0.15, 0.2) is 24.3 Å². The van der Waals surface area contributed by atoms with Gasteiger partial charge in [-0.1, -0.05) is 105 Å². The number of ketones is 2. The molecule has 0 radical (unpaired) electrons. The van der Waals surface area contributed by atoms with Gasteiger partial charge in [0.1, 0.15) is 6.61 Å². The Morgan fingerprint density at radius 1 is 0.921 bits per heavy atom. The summed E-state index contributed by atoms with van der Waals surface area (Å²) in [7, 11) is 0. The van der Waals surface area contributed by atoms with Crippen molar-refractivity contribution in [2.24, 2.45) is 80.8 Å². The zero-order valence-corrected chi connectivity index (χ0v) is 40.4. The van der Waals surface area contributed by atoms with Gasteiger partial charge < -0.3 is 24.1 Å². The number of hydrogen-bond donors (Lipinski definition) is 1. The average Bonchev–Trinajstić information content (AvgIpc) is 3.87. The third-order valence-electron chi connectivity index (χ3n) is 21.1. The van der Waals surface area contributed by atoms with E-state index in [1.165, 1.54) is 50.5 Å². The Hall–Kier alpha value is -2.13. The van der Waals surface area contributed by atoms with E-state index in [2.05, 4.69) is 68.4 Å². The van der Waals surface area contributed by atoms with Gasteiger partial charge in [0.25, 0.3) is 0 Å². The standard InChI is InChI=1S/C55H82O8/c1-10-11-49-62-47-28-44-40-17-15-35-26-37(56)20-23-52(35,7)50(40)45(57)29-54(44,9)55(47,63-49)46(58)30-61-48(59)31-60-38-21-24-51(6)36(27-38)14-16-39-42-19-18-41(53(42,8)25-22-43(39)51)34(5)13-12-33(4)32(2)3/h14,20,23,26,32-34,38-45,47,49-50,57H,10-13,15-19,21-22,24-25,27-31H2,1-9H3. The Balaban J connectivity index is 0.818. The van der Waals surface area contributed by atoms with Gasteiger partial charge in [0, 0.05) is 16.7 Å². The van der Waals surface area contributed by atoms with E-state index in [9.17, 15) is 19.5 Å². The number of esters is 1. The summed E-state index contributed by atoms with van der Waals surface area (Å²) in [4.78, 5) is 40.5. The number of Topliss-reactive ketones (excluding diaryl/α,β-unsaturated/α-hetero) is 1. The molecule has 1 saturated heterocycles. The van der Waals surface area contributed by atoms with Gasteiger partial charge in [-0.2, -0.15) is 0 Å². The van der Waals surface area contributed by atoms with E-state index < -0.39 is 47.5 Å². The van der Waals surface area contributed by atoms with Crippen LogP contribution in [0.15, 0.2) is 35.5 Å². The Kier molecular flexibility index (Phi) is 12.3. The third-order valence-corrected chi connectivity index (χ3v) is 21.1. The number of fused-ring (bicyclic) bond motifs is 12. The van der Waals surface area contributed by atoms with Crippen molar-refractivity contribution < 1.29 is 38.4 Å². The monoisotopic (exact) mass is 871 g/mol. The van der Waals surface area contributed by atoms with Crippen LogP contribution in [0.25, 0.3) is 0 Å². The molecule has 350 valence electrons. The highest BCUT2D eigenvalue weighted by Crippen LogP contribution is 2.71. The molecule has 0 aromatic carbocycles. The Labute approximate surface area is 379 Å². The summed E-state index contributed by atoms with van der Waals surface area (Å²) in [5.41, 5.74) is 0.850. The average molecular weight is 871 g/mol. The second-order valence-electron chi connectivity index (χ2n) is 24.2. The molecule has 0 amide bonds. The van der Waals surface area contributed by atoms with Crippen LogP contribution in [0, 0.1) is 80.8 Å². The molecule has 9 rings (SSSR count). The fourth-order valence-corrected chi connectivity index (χ4v) is 17.3. The summed E-state index contributed by atoms with van der Waals surface area (Å²) >= 11 is 0. The van der Waals surface area contributed by atoms with E-state index in [1.807, 2.05) is 6.08 Å². The summed E-state index contributed by atoms with van der Waals surface area (Å²) in [5.74, 6) is 4.86. The molecule has 1 N–H and O–H groups in total. The van der Waals surface area contributed by atoms with Crippen molar-refractivity contribution in [2.75, 3.05) is 13.2 Å². The molecule has 7 fully saturated rings. The summed E-state index contributed by atoms with van der Waals surface area (Å²) < 4.78 is 25.5. The first-order chi connectivity index (χ1) is 29.9. The molecule has 9 aliphatic rings. The Morgan fingerprint density at radius 3 is 2.48 bits per heavy atom. The Bertz CT molecular complexity index is 1880. The topological polar surface area (TPSA) is 108 Å². The van der Waals surface area contributed by atoms with Gasteiger partial charge in [-0.05, 0) is 160 Å². The number of hydrogen-bond acceptors (Lipinski definition) is 8. The zero-order valence-electron chi connectivity index (χ0n) is 40.4. The maximum atomic E-state index is 14.7. The molecule has 1 heterocycles. The minimum absolute atomic E-state index is 0.0113. The highest BCUT2D eigenvalue weighted by molar-refractivity contribution is 6.01. The van der Waals surface area contributed by atoms with E-state index in [0.29, 0.717) is 24.7 Å². The molecule has 18 atom stereocenters. The minimum Gasteiger partial charge on any atom is -0.456 e. The molecule has 0 bridgehead atoms. The van der Waals surface area contributed by atoms with Crippen molar-refractivity contribution in [2.45, 2.75) is 195 Å². The van der Waals surface area contributed by atoms with Gasteiger partial charge in [-0.15, -0.1) is 0 Å². The smallest absolute Gasteiger partial charge is 0.332 e. The Morgan fingerprint density at radius 2 is 1.71 bits per heavy atom. The SMILES string of the molecule is CCCC1OC2CC3C4CCC5=CC(=O)C=CC5(C)C4C(O)CC3(C)C2(C(=O)COC(=O)COC2CCC3(C)C(=CCC4C3CCC3(C)C(C(C)CCC(C)C(C)C)CCC43)C2)O1. The molecule has 8 nitrogen and oxygen atoms in total. The number of ether oxygens (including phenoxy) is 4. The predicted molar refractivity (Wildman–Crippen MR) is 244 cm³/mol. The third kappa shape index (κ3) is 7.29. The first-order valence-corrected chi connectivity index (χ1v) is 25.8. The largest absolute Gasteiger partial charge is 0.456 e. The van der Waals surface area contributed by atoms with Crippen LogP contribution in [-0.4, -0.2) is 66.1 Å². The van der Waals surface area contributed by atoms with Crippen molar-refractivity contribution in [3.05, 3.63) is 35.5 Å². The number of rotatable bonds is 13. The molecule has 0 spiro atoms. The van der Waals surface area contributed by atoms with E-state index in [1.54, 1.807) is 12.2 Å².